The zero-order chi connectivity index (χ0) is 21.2. The van der Waals surface area contributed by atoms with E-state index < -0.39 is 29.3 Å². The first-order valence-electron chi connectivity index (χ1n) is 10.6. The van der Waals surface area contributed by atoms with Crippen molar-refractivity contribution in [1.82, 2.24) is 0 Å². The molecule has 2 nitrogen and oxygen atoms in total. The topological polar surface area (TPSA) is 29.5 Å². The van der Waals surface area contributed by atoms with Crippen molar-refractivity contribution in [2.75, 3.05) is 0 Å². The first-order valence-corrected chi connectivity index (χ1v) is 10.6. The average Bonchev–Trinajstić information content (AvgIpc) is 2.66. The lowest BCUT2D eigenvalue weighted by Gasteiger charge is -2.41. The summed E-state index contributed by atoms with van der Waals surface area (Å²) in [5.41, 5.74) is -1.84. The van der Waals surface area contributed by atoms with Crippen LogP contribution >= 0.6 is 0 Å². The summed E-state index contributed by atoms with van der Waals surface area (Å²) in [5, 5.41) is 10.9. The molecule has 0 aromatic heterocycles. The molecule has 3 rings (SSSR count). The molecule has 164 valence electrons. The van der Waals surface area contributed by atoms with Crippen LogP contribution in [0.25, 0.3) is 0 Å². The van der Waals surface area contributed by atoms with Gasteiger partial charge in [-0.05, 0) is 68.4 Å². The van der Waals surface area contributed by atoms with Crippen LogP contribution in [0.15, 0.2) is 12.1 Å². The molecule has 1 N–H and O–H groups in total. The summed E-state index contributed by atoms with van der Waals surface area (Å²) in [5.74, 6) is -2.53. The summed E-state index contributed by atoms with van der Waals surface area (Å²) in [4.78, 5) is 0. The smallest absolute Gasteiger partial charge is 0.403 e. The standard InChI is InChI=1S/C22H29F5O2/c1-2-3-14-4-6-15(7-5-14)16-10-12-21(28,13-11-16)17-8-9-18(20(24)19(17)23)29-22(25,26)27/h8-9,14-16,28H,2-7,10-13H2,1H3/t14-,15-,16?,21?. The van der Waals surface area contributed by atoms with Gasteiger partial charge in [0.25, 0.3) is 0 Å². The summed E-state index contributed by atoms with van der Waals surface area (Å²) in [6.07, 6.45) is 4.18. The monoisotopic (exact) mass is 420 g/mol. The third kappa shape index (κ3) is 5.22. The Balaban J connectivity index is 1.64. The van der Waals surface area contributed by atoms with Crippen LogP contribution in [0, 0.1) is 29.4 Å². The number of aliphatic hydroxyl groups is 1. The van der Waals surface area contributed by atoms with E-state index in [-0.39, 0.29) is 18.4 Å². The predicted molar refractivity (Wildman–Crippen MR) is 99.3 cm³/mol. The van der Waals surface area contributed by atoms with Crippen LogP contribution in [0.4, 0.5) is 22.0 Å². The molecule has 1 aromatic carbocycles. The highest BCUT2D eigenvalue weighted by molar-refractivity contribution is 5.34. The maximum absolute atomic E-state index is 14.5. The number of halogens is 5. The molecule has 29 heavy (non-hydrogen) atoms. The van der Waals surface area contributed by atoms with Crippen molar-refractivity contribution in [1.29, 1.82) is 0 Å². The minimum absolute atomic E-state index is 0.280. The molecule has 2 aliphatic carbocycles. The van der Waals surface area contributed by atoms with Crippen LogP contribution in [-0.4, -0.2) is 11.5 Å². The molecule has 0 radical (unpaired) electrons. The van der Waals surface area contributed by atoms with Gasteiger partial charge < -0.3 is 9.84 Å². The molecule has 0 aliphatic heterocycles. The molecule has 0 unspecified atom stereocenters. The number of ether oxygens (including phenoxy) is 1. The van der Waals surface area contributed by atoms with Crippen LogP contribution < -0.4 is 4.74 Å². The van der Waals surface area contributed by atoms with E-state index in [1.165, 1.54) is 38.5 Å². The van der Waals surface area contributed by atoms with Gasteiger partial charge in [-0.2, -0.15) is 4.39 Å². The zero-order valence-electron chi connectivity index (χ0n) is 16.7. The summed E-state index contributed by atoms with van der Waals surface area (Å²) in [7, 11) is 0. The molecule has 0 amide bonds. The maximum Gasteiger partial charge on any atom is 0.573 e. The van der Waals surface area contributed by atoms with Gasteiger partial charge in [-0.15, -0.1) is 13.2 Å². The largest absolute Gasteiger partial charge is 0.573 e. The number of alkyl halides is 3. The van der Waals surface area contributed by atoms with E-state index in [4.69, 9.17) is 0 Å². The van der Waals surface area contributed by atoms with E-state index in [0.29, 0.717) is 24.7 Å². The van der Waals surface area contributed by atoms with E-state index >= 15 is 0 Å². The lowest BCUT2D eigenvalue weighted by molar-refractivity contribution is -0.275. The zero-order valence-corrected chi connectivity index (χ0v) is 16.7. The molecular formula is C22H29F5O2. The number of benzene rings is 1. The van der Waals surface area contributed by atoms with Gasteiger partial charge >= 0.3 is 6.36 Å². The summed E-state index contributed by atoms with van der Waals surface area (Å²) >= 11 is 0. The quantitative estimate of drug-likeness (QED) is 0.528. The Morgan fingerprint density at radius 1 is 0.966 bits per heavy atom. The number of rotatable bonds is 5. The SMILES string of the molecule is CCC[C@H]1CC[C@H](C2CCC(O)(c3ccc(OC(F)(F)F)c(F)c3F)CC2)CC1. The van der Waals surface area contributed by atoms with Crippen molar-refractivity contribution in [3.63, 3.8) is 0 Å². The molecular weight excluding hydrogens is 391 g/mol. The lowest BCUT2D eigenvalue weighted by atomic mass is 9.66. The van der Waals surface area contributed by atoms with E-state index in [1.807, 2.05) is 0 Å². The van der Waals surface area contributed by atoms with Crippen LogP contribution in [0.3, 0.4) is 0 Å². The first kappa shape index (κ1) is 22.3. The van der Waals surface area contributed by atoms with Gasteiger partial charge in [0.2, 0.25) is 5.82 Å². The molecule has 2 saturated carbocycles. The van der Waals surface area contributed by atoms with Crippen molar-refractivity contribution < 1.29 is 31.8 Å². The second-order valence-electron chi connectivity index (χ2n) is 8.73. The summed E-state index contributed by atoms with van der Waals surface area (Å²) in [6.45, 7) is 2.21. The second-order valence-corrected chi connectivity index (χ2v) is 8.73. The van der Waals surface area contributed by atoms with Gasteiger partial charge in [0.15, 0.2) is 11.6 Å². The Kier molecular flexibility index (Phi) is 6.76. The van der Waals surface area contributed by atoms with Gasteiger partial charge in [-0.25, -0.2) is 4.39 Å². The Morgan fingerprint density at radius 3 is 2.10 bits per heavy atom. The van der Waals surface area contributed by atoms with Crippen molar-refractivity contribution in [3.05, 3.63) is 29.3 Å². The van der Waals surface area contributed by atoms with Gasteiger partial charge in [0.05, 0.1) is 5.60 Å². The Hall–Kier alpha value is -1.37. The van der Waals surface area contributed by atoms with Gasteiger partial charge in [0, 0.05) is 5.56 Å². The Bertz CT molecular complexity index is 687. The van der Waals surface area contributed by atoms with E-state index in [1.54, 1.807) is 0 Å². The molecule has 2 fully saturated rings. The van der Waals surface area contributed by atoms with Crippen molar-refractivity contribution >= 4 is 0 Å². The molecule has 2 aliphatic rings. The highest BCUT2D eigenvalue weighted by atomic mass is 19.4. The van der Waals surface area contributed by atoms with Gasteiger partial charge in [-0.1, -0.05) is 32.6 Å². The highest BCUT2D eigenvalue weighted by Crippen LogP contribution is 2.47. The molecule has 0 spiro atoms. The van der Waals surface area contributed by atoms with E-state index in [9.17, 15) is 27.1 Å². The molecule has 0 heterocycles. The molecule has 1 aromatic rings. The van der Waals surface area contributed by atoms with E-state index in [0.717, 1.165) is 18.1 Å². The maximum atomic E-state index is 14.5. The average molecular weight is 420 g/mol. The highest BCUT2D eigenvalue weighted by Gasteiger charge is 2.41. The van der Waals surface area contributed by atoms with Crippen molar-refractivity contribution in [2.45, 2.75) is 83.1 Å². The van der Waals surface area contributed by atoms with Crippen LogP contribution in [0.1, 0.15) is 76.7 Å². The first-order chi connectivity index (χ1) is 13.6. The normalized spacial score (nSPS) is 30.9. The Morgan fingerprint density at radius 2 is 1.55 bits per heavy atom. The van der Waals surface area contributed by atoms with Gasteiger partial charge in [-0.3, -0.25) is 0 Å². The van der Waals surface area contributed by atoms with Crippen LogP contribution in [-0.2, 0) is 5.60 Å². The van der Waals surface area contributed by atoms with Crippen molar-refractivity contribution in [2.24, 2.45) is 17.8 Å². The minimum atomic E-state index is -5.11. The fourth-order valence-electron chi connectivity index (χ4n) is 5.31. The van der Waals surface area contributed by atoms with E-state index in [2.05, 4.69) is 11.7 Å². The molecule has 0 atom stereocenters. The molecule has 0 saturated heterocycles. The van der Waals surface area contributed by atoms with Crippen LogP contribution in [0.5, 0.6) is 5.75 Å². The third-order valence-corrected chi connectivity index (χ3v) is 6.89. The van der Waals surface area contributed by atoms with Crippen LogP contribution in [0.2, 0.25) is 0 Å². The number of hydrogen-bond donors (Lipinski definition) is 1. The fraction of sp³-hybridized carbons (Fsp3) is 0.727. The lowest BCUT2D eigenvalue weighted by Crippen LogP contribution is -2.35. The van der Waals surface area contributed by atoms with Gasteiger partial charge in [0.1, 0.15) is 0 Å². The second kappa shape index (κ2) is 8.78. The number of hydrogen-bond acceptors (Lipinski definition) is 2. The summed E-state index contributed by atoms with van der Waals surface area (Å²) < 4.78 is 69.0. The fourth-order valence-corrected chi connectivity index (χ4v) is 5.31. The van der Waals surface area contributed by atoms with Crippen molar-refractivity contribution in [3.8, 4) is 5.75 Å². The minimum Gasteiger partial charge on any atom is -0.403 e. The third-order valence-electron chi connectivity index (χ3n) is 6.89. The molecule has 7 heteroatoms. The Labute approximate surface area is 168 Å². The predicted octanol–water partition coefficient (Wildman–Crippen LogP) is 6.85. The molecule has 0 bridgehead atoms. The summed E-state index contributed by atoms with van der Waals surface area (Å²) in [6, 6.07) is 1.75.